The first-order valence-electron chi connectivity index (χ1n) is 5.90. The highest BCUT2D eigenvalue weighted by Gasteiger charge is 2.08. The Morgan fingerprint density at radius 1 is 1.22 bits per heavy atom. The summed E-state index contributed by atoms with van der Waals surface area (Å²) in [6.07, 6.45) is 2.64. The van der Waals surface area contributed by atoms with Crippen molar-refractivity contribution in [1.29, 1.82) is 0 Å². The molecular formula is C15H15NO2. The van der Waals surface area contributed by atoms with E-state index in [0.717, 1.165) is 17.7 Å². The number of aromatic nitrogens is 1. The molecule has 0 saturated carbocycles. The maximum atomic E-state index is 10.8. The SMILES string of the molecule is CC(Cc1ccccn1)c1ccc(C(=O)O)cc1. The molecule has 0 aliphatic rings. The predicted molar refractivity (Wildman–Crippen MR) is 69.8 cm³/mol. The van der Waals surface area contributed by atoms with E-state index in [1.54, 1.807) is 18.3 Å². The van der Waals surface area contributed by atoms with E-state index in [-0.39, 0.29) is 0 Å². The summed E-state index contributed by atoms with van der Waals surface area (Å²) < 4.78 is 0. The summed E-state index contributed by atoms with van der Waals surface area (Å²) in [4.78, 5) is 15.1. The zero-order chi connectivity index (χ0) is 13.0. The number of carbonyl (C=O) groups is 1. The second-order valence-corrected chi connectivity index (χ2v) is 4.35. The number of pyridine rings is 1. The van der Waals surface area contributed by atoms with Crippen LogP contribution < -0.4 is 0 Å². The van der Waals surface area contributed by atoms with Crippen molar-refractivity contribution in [3.8, 4) is 0 Å². The molecule has 2 aromatic rings. The number of hydrogen-bond acceptors (Lipinski definition) is 2. The predicted octanol–water partition coefficient (Wildman–Crippen LogP) is 3.13. The molecule has 3 heteroatoms. The number of carboxylic acids is 1. The van der Waals surface area contributed by atoms with Crippen molar-refractivity contribution in [2.75, 3.05) is 0 Å². The summed E-state index contributed by atoms with van der Waals surface area (Å²) in [5.74, 6) is -0.568. The molecule has 1 N–H and O–H groups in total. The molecule has 18 heavy (non-hydrogen) atoms. The number of aromatic carboxylic acids is 1. The topological polar surface area (TPSA) is 50.2 Å². The van der Waals surface area contributed by atoms with Crippen LogP contribution >= 0.6 is 0 Å². The van der Waals surface area contributed by atoms with E-state index in [0.29, 0.717) is 11.5 Å². The van der Waals surface area contributed by atoms with Gasteiger partial charge in [0.15, 0.2) is 0 Å². The third-order valence-corrected chi connectivity index (χ3v) is 2.97. The van der Waals surface area contributed by atoms with E-state index in [4.69, 9.17) is 5.11 Å². The average Bonchev–Trinajstić information content (AvgIpc) is 2.40. The lowest BCUT2D eigenvalue weighted by molar-refractivity contribution is 0.0697. The van der Waals surface area contributed by atoms with Crippen LogP contribution in [0.5, 0.6) is 0 Å². The van der Waals surface area contributed by atoms with Gasteiger partial charge in [-0.1, -0.05) is 25.1 Å². The van der Waals surface area contributed by atoms with Crippen LogP contribution in [0.2, 0.25) is 0 Å². The minimum Gasteiger partial charge on any atom is -0.478 e. The van der Waals surface area contributed by atoms with Crippen molar-refractivity contribution in [3.63, 3.8) is 0 Å². The molecule has 1 aromatic heterocycles. The molecule has 3 nitrogen and oxygen atoms in total. The summed E-state index contributed by atoms with van der Waals surface area (Å²) in [7, 11) is 0. The Balaban J connectivity index is 2.09. The maximum Gasteiger partial charge on any atom is 0.335 e. The monoisotopic (exact) mass is 241 g/mol. The summed E-state index contributed by atoms with van der Waals surface area (Å²) >= 11 is 0. The van der Waals surface area contributed by atoms with Gasteiger partial charge in [-0.15, -0.1) is 0 Å². The Morgan fingerprint density at radius 2 is 1.94 bits per heavy atom. The molecule has 0 spiro atoms. The maximum absolute atomic E-state index is 10.8. The van der Waals surface area contributed by atoms with Gasteiger partial charge in [-0.3, -0.25) is 4.98 Å². The summed E-state index contributed by atoms with van der Waals surface area (Å²) in [6.45, 7) is 2.12. The van der Waals surface area contributed by atoms with Crippen molar-refractivity contribution in [2.24, 2.45) is 0 Å². The van der Waals surface area contributed by atoms with E-state index in [1.165, 1.54) is 0 Å². The minimum atomic E-state index is -0.890. The van der Waals surface area contributed by atoms with E-state index in [9.17, 15) is 4.79 Å². The Kier molecular flexibility index (Phi) is 3.72. The molecular weight excluding hydrogens is 226 g/mol. The molecule has 92 valence electrons. The lowest BCUT2D eigenvalue weighted by Gasteiger charge is -2.11. The normalized spacial score (nSPS) is 12.1. The Bertz CT molecular complexity index is 520. The lowest BCUT2D eigenvalue weighted by atomic mass is 9.95. The van der Waals surface area contributed by atoms with Crippen molar-refractivity contribution >= 4 is 5.97 Å². The third-order valence-electron chi connectivity index (χ3n) is 2.97. The van der Waals surface area contributed by atoms with Crippen LogP contribution in [0.15, 0.2) is 48.7 Å². The molecule has 0 aliphatic carbocycles. The van der Waals surface area contributed by atoms with Gasteiger partial charge in [0.1, 0.15) is 0 Å². The first-order chi connectivity index (χ1) is 8.66. The number of nitrogens with zero attached hydrogens (tertiary/aromatic N) is 1. The molecule has 0 radical (unpaired) electrons. The lowest BCUT2D eigenvalue weighted by Crippen LogP contribution is -2.01. The quantitative estimate of drug-likeness (QED) is 0.894. The fraction of sp³-hybridized carbons (Fsp3) is 0.200. The van der Waals surface area contributed by atoms with Gasteiger partial charge in [-0.05, 0) is 42.2 Å². The van der Waals surface area contributed by atoms with Gasteiger partial charge in [0.2, 0.25) is 0 Å². The van der Waals surface area contributed by atoms with Crippen molar-refractivity contribution in [2.45, 2.75) is 19.3 Å². The highest BCUT2D eigenvalue weighted by Crippen LogP contribution is 2.19. The largest absolute Gasteiger partial charge is 0.478 e. The standard InChI is InChI=1S/C15H15NO2/c1-11(10-14-4-2-3-9-16-14)12-5-7-13(8-6-12)15(17)18/h2-9,11H,10H2,1H3,(H,17,18). The van der Waals surface area contributed by atoms with Crippen LogP contribution in [0.25, 0.3) is 0 Å². The van der Waals surface area contributed by atoms with Gasteiger partial charge in [0.25, 0.3) is 0 Å². The first kappa shape index (κ1) is 12.3. The minimum absolute atomic E-state index is 0.322. The number of benzene rings is 1. The van der Waals surface area contributed by atoms with Crippen LogP contribution in [0.4, 0.5) is 0 Å². The zero-order valence-corrected chi connectivity index (χ0v) is 10.2. The molecule has 0 fully saturated rings. The van der Waals surface area contributed by atoms with Gasteiger partial charge in [0.05, 0.1) is 5.56 Å². The summed E-state index contributed by atoms with van der Waals surface area (Å²) in [5, 5.41) is 8.84. The van der Waals surface area contributed by atoms with Crippen LogP contribution in [0, 0.1) is 0 Å². The zero-order valence-electron chi connectivity index (χ0n) is 10.2. The molecule has 2 rings (SSSR count). The number of rotatable bonds is 4. The molecule has 0 saturated heterocycles. The molecule has 0 amide bonds. The fourth-order valence-electron chi connectivity index (χ4n) is 1.90. The van der Waals surface area contributed by atoms with Crippen LogP contribution in [0.3, 0.4) is 0 Å². The van der Waals surface area contributed by atoms with E-state index < -0.39 is 5.97 Å². The molecule has 1 atom stereocenters. The number of hydrogen-bond donors (Lipinski definition) is 1. The summed E-state index contributed by atoms with van der Waals surface area (Å²) in [6, 6.07) is 12.9. The highest BCUT2D eigenvalue weighted by atomic mass is 16.4. The first-order valence-corrected chi connectivity index (χ1v) is 5.90. The molecule has 1 unspecified atom stereocenters. The third kappa shape index (κ3) is 2.94. The van der Waals surface area contributed by atoms with Crippen molar-refractivity contribution < 1.29 is 9.90 Å². The Labute approximate surface area is 106 Å². The molecule has 0 aliphatic heterocycles. The van der Waals surface area contributed by atoms with Crippen LogP contribution in [-0.4, -0.2) is 16.1 Å². The average molecular weight is 241 g/mol. The van der Waals surface area contributed by atoms with E-state index in [1.807, 2.05) is 30.3 Å². The summed E-state index contributed by atoms with van der Waals surface area (Å²) in [5.41, 5.74) is 2.50. The molecule has 0 bridgehead atoms. The van der Waals surface area contributed by atoms with Gasteiger partial charge >= 0.3 is 5.97 Å². The Morgan fingerprint density at radius 3 is 2.50 bits per heavy atom. The van der Waals surface area contributed by atoms with E-state index >= 15 is 0 Å². The smallest absolute Gasteiger partial charge is 0.335 e. The second-order valence-electron chi connectivity index (χ2n) is 4.35. The van der Waals surface area contributed by atoms with Gasteiger partial charge in [-0.25, -0.2) is 4.79 Å². The highest BCUT2D eigenvalue weighted by molar-refractivity contribution is 5.87. The van der Waals surface area contributed by atoms with Crippen molar-refractivity contribution in [1.82, 2.24) is 4.98 Å². The van der Waals surface area contributed by atoms with Crippen molar-refractivity contribution in [3.05, 3.63) is 65.5 Å². The van der Waals surface area contributed by atoms with Crippen LogP contribution in [0.1, 0.15) is 34.5 Å². The van der Waals surface area contributed by atoms with Gasteiger partial charge in [0, 0.05) is 11.9 Å². The molecule has 1 aromatic carbocycles. The molecule has 1 heterocycles. The Hall–Kier alpha value is -2.16. The second kappa shape index (κ2) is 5.45. The van der Waals surface area contributed by atoms with Gasteiger partial charge in [-0.2, -0.15) is 0 Å². The van der Waals surface area contributed by atoms with Crippen LogP contribution in [-0.2, 0) is 6.42 Å². The van der Waals surface area contributed by atoms with E-state index in [2.05, 4.69) is 11.9 Å². The van der Waals surface area contributed by atoms with Gasteiger partial charge < -0.3 is 5.11 Å². The fourth-order valence-corrected chi connectivity index (χ4v) is 1.90. The number of carboxylic acid groups (broad SMARTS) is 1.